The molecule has 7 rings (SSSR count). The Labute approximate surface area is 396 Å². The lowest BCUT2D eigenvalue weighted by Gasteiger charge is -2.22. The van der Waals surface area contributed by atoms with Gasteiger partial charge in [0.25, 0.3) is 0 Å². The van der Waals surface area contributed by atoms with Crippen molar-refractivity contribution in [2.45, 2.75) is 178 Å². The molecule has 0 heterocycles. The van der Waals surface area contributed by atoms with E-state index in [0.29, 0.717) is 0 Å². The third-order valence-corrected chi connectivity index (χ3v) is 13.3. The summed E-state index contributed by atoms with van der Waals surface area (Å²) in [6.45, 7) is 47.6. The largest absolute Gasteiger partial charge is 0.0625 e. The first-order valence-corrected chi connectivity index (χ1v) is 24.1. The fourth-order valence-corrected chi connectivity index (χ4v) is 7.44. The highest BCUT2D eigenvalue weighted by Crippen LogP contribution is 2.27. The highest BCUT2D eigenvalue weighted by atomic mass is 14.2. The van der Waals surface area contributed by atoms with E-state index < -0.39 is 0 Å². The van der Waals surface area contributed by atoms with Gasteiger partial charge in [0, 0.05) is 0 Å². The van der Waals surface area contributed by atoms with Gasteiger partial charge in [0.2, 0.25) is 0 Å². The van der Waals surface area contributed by atoms with Crippen molar-refractivity contribution in [1.82, 2.24) is 0 Å². The predicted octanol–water partition coefficient (Wildman–Crippen LogP) is 19.1. The SMILES string of the molecule is CC1CCC(C)CC1.Cc1cc(C)c(C)c(C)c1.Cc1cc(C)c(C)c(C)c1.Cc1ccc(C)c(C)c1.Cc1ccc(C)c(C)c1.Cc1ccc(C)c(C)c1C.Cc1ccc(C)cc1. The van der Waals surface area contributed by atoms with Crippen molar-refractivity contribution in [2.75, 3.05) is 0 Å². The van der Waals surface area contributed by atoms with Crippen LogP contribution in [0.5, 0.6) is 0 Å². The quantitative estimate of drug-likeness (QED) is 0.143. The van der Waals surface area contributed by atoms with Gasteiger partial charge in [-0.1, -0.05) is 170 Å². The molecule has 0 unspecified atom stereocenters. The van der Waals surface area contributed by atoms with E-state index >= 15 is 0 Å². The van der Waals surface area contributed by atoms with Crippen LogP contribution in [0.4, 0.5) is 0 Å². The van der Waals surface area contributed by atoms with Crippen molar-refractivity contribution < 1.29 is 0 Å². The van der Waals surface area contributed by atoms with E-state index in [-0.39, 0.29) is 0 Å². The van der Waals surface area contributed by atoms with Gasteiger partial charge in [0.05, 0.1) is 0 Å². The fourth-order valence-electron chi connectivity index (χ4n) is 7.44. The predicted molar refractivity (Wildman–Crippen MR) is 290 cm³/mol. The molecule has 0 atom stereocenters. The van der Waals surface area contributed by atoms with Gasteiger partial charge in [-0.3, -0.25) is 0 Å². The van der Waals surface area contributed by atoms with E-state index in [1.165, 1.54) is 137 Å². The second kappa shape index (κ2) is 29.0. The van der Waals surface area contributed by atoms with Crippen molar-refractivity contribution in [3.05, 3.63) is 208 Å². The van der Waals surface area contributed by atoms with Crippen LogP contribution in [0.2, 0.25) is 0 Å². The highest BCUT2D eigenvalue weighted by molar-refractivity contribution is 5.39. The van der Waals surface area contributed by atoms with Gasteiger partial charge in [0.15, 0.2) is 0 Å². The first-order valence-electron chi connectivity index (χ1n) is 24.1. The molecule has 0 amide bonds. The molecule has 6 aromatic rings. The Morgan fingerprint density at radius 3 is 0.672 bits per heavy atom. The lowest BCUT2D eigenvalue weighted by molar-refractivity contribution is 0.308. The number of aryl methyl sites for hydroxylation is 16. The van der Waals surface area contributed by atoms with Crippen LogP contribution in [-0.2, 0) is 0 Å². The van der Waals surface area contributed by atoms with Crippen molar-refractivity contribution >= 4 is 0 Å². The number of hydrogen-bond donors (Lipinski definition) is 0. The molecule has 0 aliphatic heterocycles. The second-order valence-corrected chi connectivity index (χ2v) is 19.7. The molecule has 0 spiro atoms. The molecule has 1 aliphatic rings. The maximum absolute atomic E-state index is 2.37. The van der Waals surface area contributed by atoms with Crippen molar-refractivity contribution in [1.29, 1.82) is 0 Å². The molecule has 0 radical (unpaired) electrons. The maximum Gasteiger partial charge on any atom is -0.0392 e. The van der Waals surface area contributed by atoms with Gasteiger partial charge in [-0.25, -0.2) is 0 Å². The van der Waals surface area contributed by atoms with Crippen LogP contribution in [0.1, 0.15) is 151 Å². The molecule has 0 aromatic heterocycles. The van der Waals surface area contributed by atoms with Crippen LogP contribution in [-0.4, -0.2) is 0 Å². The van der Waals surface area contributed by atoms with Gasteiger partial charge in [0.1, 0.15) is 0 Å². The minimum absolute atomic E-state index is 1.02. The van der Waals surface area contributed by atoms with Crippen molar-refractivity contribution in [3.8, 4) is 0 Å². The Morgan fingerprint density at radius 2 is 0.438 bits per heavy atom. The summed E-state index contributed by atoms with van der Waals surface area (Å²) in [5, 5.41) is 0. The van der Waals surface area contributed by atoms with Gasteiger partial charge in [-0.2, -0.15) is 0 Å². The van der Waals surface area contributed by atoms with Crippen molar-refractivity contribution in [3.63, 3.8) is 0 Å². The van der Waals surface area contributed by atoms with E-state index in [1.54, 1.807) is 0 Å². The van der Waals surface area contributed by atoms with Crippen LogP contribution in [0.25, 0.3) is 0 Å². The standard InChI is InChI=1S/3C10H14.2C9H12.C8H16.C8H10/c2*1-7-5-8(2)10(4)9(3)6-7;1-7-5-6-8(2)10(4)9(7)3;2*1-7-4-5-8(2)9(3)6-7;2*1-7-3-5-8(2)6-4-7/h3*5-6H,1-4H3;2*4-6H,1-3H3;7-8H,3-6H2,1-2H3;3-6H,1-2H3. The number of rotatable bonds is 0. The van der Waals surface area contributed by atoms with E-state index in [4.69, 9.17) is 0 Å². The molecule has 0 bridgehead atoms. The number of hydrogen-bond acceptors (Lipinski definition) is 0. The summed E-state index contributed by atoms with van der Waals surface area (Å²) in [5.74, 6) is 2.04. The molecular formula is C64H92. The van der Waals surface area contributed by atoms with Gasteiger partial charge in [-0.15, -0.1) is 0 Å². The Kier molecular flexibility index (Phi) is 26.0. The molecule has 348 valence electrons. The smallest absolute Gasteiger partial charge is 0.0392 e. The molecule has 64 heavy (non-hydrogen) atoms. The second-order valence-electron chi connectivity index (χ2n) is 19.7. The van der Waals surface area contributed by atoms with Crippen LogP contribution in [0, 0.1) is 150 Å². The zero-order chi connectivity index (χ0) is 48.8. The Hall–Kier alpha value is -4.68. The first-order chi connectivity index (χ1) is 29.8. The third kappa shape index (κ3) is 22.3. The highest BCUT2D eigenvalue weighted by Gasteiger charge is 2.13. The van der Waals surface area contributed by atoms with Crippen molar-refractivity contribution in [2.24, 2.45) is 11.8 Å². The fraction of sp³-hybridized carbons (Fsp3) is 0.438. The van der Waals surface area contributed by atoms with E-state index in [0.717, 1.165) is 11.8 Å². The lowest BCUT2D eigenvalue weighted by Crippen LogP contribution is -2.08. The zero-order valence-corrected chi connectivity index (χ0v) is 45.2. The van der Waals surface area contributed by atoms with Gasteiger partial charge < -0.3 is 0 Å². The Morgan fingerprint density at radius 1 is 0.219 bits per heavy atom. The minimum atomic E-state index is 1.02. The van der Waals surface area contributed by atoms with Crippen LogP contribution >= 0.6 is 0 Å². The summed E-state index contributed by atoms with van der Waals surface area (Å²) < 4.78 is 0. The van der Waals surface area contributed by atoms with Crippen LogP contribution in [0.15, 0.2) is 97.1 Å². The molecule has 1 aliphatic carbocycles. The molecule has 6 aromatic carbocycles. The molecule has 0 saturated heterocycles. The topological polar surface area (TPSA) is 0 Å². The zero-order valence-electron chi connectivity index (χ0n) is 45.2. The van der Waals surface area contributed by atoms with E-state index in [2.05, 4.69) is 249 Å². The Bertz CT molecular complexity index is 2080. The third-order valence-electron chi connectivity index (χ3n) is 13.3. The normalized spacial score (nSPS) is 13.5. The average molecular weight is 861 g/mol. The van der Waals surface area contributed by atoms with E-state index in [1.807, 2.05) is 0 Å². The number of benzene rings is 6. The minimum Gasteiger partial charge on any atom is -0.0625 e. The molecule has 0 nitrogen and oxygen atoms in total. The van der Waals surface area contributed by atoms with Gasteiger partial charge in [-0.05, 0) is 228 Å². The molecular weight excluding hydrogens is 769 g/mol. The monoisotopic (exact) mass is 861 g/mol. The van der Waals surface area contributed by atoms with E-state index in [9.17, 15) is 0 Å². The van der Waals surface area contributed by atoms with Crippen LogP contribution < -0.4 is 0 Å². The summed E-state index contributed by atoms with van der Waals surface area (Å²) in [6, 6.07) is 34.7. The van der Waals surface area contributed by atoms with Crippen LogP contribution in [0.3, 0.4) is 0 Å². The molecule has 1 fully saturated rings. The molecule has 1 saturated carbocycles. The summed E-state index contributed by atoms with van der Waals surface area (Å²) in [4.78, 5) is 0. The average Bonchev–Trinajstić information content (AvgIpc) is 3.23. The molecule has 0 heteroatoms. The van der Waals surface area contributed by atoms with Gasteiger partial charge >= 0.3 is 0 Å². The summed E-state index contributed by atoms with van der Waals surface area (Å²) in [5.41, 5.74) is 27.7. The summed E-state index contributed by atoms with van der Waals surface area (Å²) in [6.07, 6.45) is 5.89. The maximum atomic E-state index is 2.37. The lowest BCUT2D eigenvalue weighted by atomic mass is 9.84. The Balaban J connectivity index is 0.000000374. The molecule has 0 N–H and O–H groups in total. The summed E-state index contributed by atoms with van der Waals surface area (Å²) >= 11 is 0. The first kappa shape index (κ1) is 57.3. The summed E-state index contributed by atoms with van der Waals surface area (Å²) in [7, 11) is 0.